The van der Waals surface area contributed by atoms with E-state index in [1.165, 1.54) is 30.0 Å². The van der Waals surface area contributed by atoms with Gasteiger partial charge < -0.3 is 10.2 Å². The molecule has 7 nitrogen and oxygen atoms in total. The van der Waals surface area contributed by atoms with Gasteiger partial charge in [0.1, 0.15) is 0 Å². The summed E-state index contributed by atoms with van der Waals surface area (Å²) in [6, 6.07) is 7.07. The number of sulfonamides is 1. The predicted molar refractivity (Wildman–Crippen MR) is 131 cm³/mol. The average Bonchev–Trinajstić information content (AvgIpc) is 3.50. The van der Waals surface area contributed by atoms with Crippen molar-refractivity contribution >= 4 is 33.0 Å². The van der Waals surface area contributed by atoms with Crippen molar-refractivity contribution in [2.24, 2.45) is 0 Å². The number of carbonyl (C=O) groups is 1. The molecule has 0 radical (unpaired) electrons. The highest BCUT2D eigenvalue weighted by Gasteiger charge is 2.26. The van der Waals surface area contributed by atoms with Gasteiger partial charge in [-0.15, -0.1) is 0 Å². The van der Waals surface area contributed by atoms with Crippen LogP contribution in [-0.2, 0) is 10.0 Å². The molecule has 0 bridgehead atoms. The number of benzene rings is 1. The number of hydrogen-bond acceptors (Lipinski definition) is 6. The van der Waals surface area contributed by atoms with Gasteiger partial charge in [0.25, 0.3) is 5.91 Å². The van der Waals surface area contributed by atoms with E-state index in [9.17, 15) is 13.2 Å². The summed E-state index contributed by atoms with van der Waals surface area (Å²) in [6.45, 7) is 8.19. The molecule has 1 atom stereocenters. The third-order valence-electron chi connectivity index (χ3n) is 6.08. The first-order valence-electron chi connectivity index (χ1n) is 11.2. The summed E-state index contributed by atoms with van der Waals surface area (Å²) in [5.74, 6) is -0.241. The largest absolute Gasteiger partial charge is 0.371 e. The molecule has 9 heteroatoms. The van der Waals surface area contributed by atoms with Crippen LogP contribution in [0.2, 0.25) is 0 Å². The Morgan fingerprint density at radius 3 is 2.41 bits per heavy atom. The number of hydrogen-bond donors (Lipinski definition) is 1. The molecule has 32 heavy (non-hydrogen) atoms. The average molecular weight is 479 g/mol. The number of thiophene rings is 1. The molecular formula is C23H34N4O3S2. The van der Waals surface area contributed by atoms with E-state index in [0.29, 0.717) is 12.1 Å². The summed E-state index contributed by atoms with van der Waals surface area (Å²) in [4.78, 5) is 18.0. The van der Waals surface area contributed by atoms with Crippen molar-refractivity contribution in [1.82, 2.24) is 14.5 Å². The smallest absolute Gasteiger partial charge is 0.253 e. The lowest BCUT2D eigenvalue weighted by Crippen LogP contribution is -2.38. The van der Waals surface area contributed by atoms with Crippen LogP contribution in [0.15, 0.2) is 39.9 Å². The van der Waals surface area contributed by atoms with Crippen molar-refractivity contribution in [2.45, 2.75) is 37.6 Å². The van der Waals surface area contributed by atoms with Crippen LogP contribution in [0.4, 0.5) is 5.69 Å². The first kappa shape index (κ1) is 24.7. The molecule has 1 aliphatic rings. The summed E-state index contributed by atoms with van der Waals surface area (Å²) in [6.07, 6.45) is 2.14. The SMILES string of the molecule is CCN(CC)C(CNC(=O)c1cc(S(=O)(=O)N(C)C)ccc1N1CCCC1)c1ccsc1. The van der Waals surface area contributed by atoms with Crippen molar-refractivity contribution in [3.63, 3.8) is 0 Å². The van der Waals surface area contributed by atoms with Crippen LogP contribution in [0.3, 0.4) is 0 Å². The van der Waals surface area contributed by atoms with Gasteiger partial charge in [0, 0.05) is 39.4 Å². The molecule has 0 saturated carbocycles. The number of nitrogens with zero attached hydrogens (tertiary/aromatic N) is 3. The molecule has 1 aromatic carbocycles. The molecule has 1 unspecified atom stereocenters. The van der Waals surface area contributed by atoms with E-state index < -0.39 is 10.0 Å². The first-order valence-corrected chi connectivity index (χ1v) is 13.5. The lowest BCUT2D eigenvalue weighted by molar-refractivity contribution is 0.0935. The van der Waals surface area contributed by atoms with Gasteiger partial charge in [-0.1, -0.05) is 13.8 Å². The summed E-state index contributed by atoms with van der Waals surface area (Å²) in [5.41, 5.74) is 2.40. The van der Waals surface area contributed by atoms with Crippen LogP contribution in [0, 0.1) is 0 Å². The third-order valence-corrected chi connectivity index (χ3v) is 8.59. The Balaban J connectivity index is 1.90. The molecule has 2 aromatic rings. The van der Waals surface area contributed by atoms with Crippen LogP contribution >= 0.6 is 11.3 Å². The molecular weight excluding hydrogens is 444 g/mol. The molecule has 1 aromatic heterocycles. The van der Waals surface area contributed by atoms with Crippen LogP contribution in [0.25, 0.3) is 0 Å². The van der Waals surface area contributed by atoms with Crippen molar-refractivity contribution < 1.29 is 13.2 Å². The lowest BCUT2D eigenvalue weighted by atomic mass is 10.1. The second-order valence-corrected chi connectivity index (χ2v) is 11.1. The van der Waals surface area contributed by atoms with E-state index in [1.54, 1.807) is 23.5 Å². The van der Waals surface area contributed by atoms with Gasteiger partial charge in [-0.25, -0.2) is 12.7 Å². The minimum atomic E-state index is -3.63. The van der Waals surface area contributed by atoms with E-state index in [2.05, 4.69) is 45.8 Å². The van der Waals surface area contributed by atoms with Crippen molar-refractivity contribution in [3.05, 3.63) is 46.2 Å². The van der Waals surface area contributed by atoms with Crippen LogP contribution in [0.1, 0.15) is 48.7 Å². The number of nitrogens with one attached hydrogen (secondary N) is 1. The molecule has 1 N–H and O–H groups in total. The Kier molecular flexibility index (Phi) is 8.32. The Bertz CT molecular complexity index is 996. The van der Waals surface area contributed by atoms with E-state index in [4.69, 9.17) is 0 Å². The Labute approximate surface area is 196 Å². The minimum Gasteiger partial charge on any atom is -0.371 e. The van der Waals surface area contributed by atoms with Crippen molar-refractivity contribution in [2.75, 3.05) is 51.7 Å². The van der Waals surface area contributed by atoms with E-state index in [1.807, 2.05) is 0 Å². The van der Waals surface area contributed by atoms with Crippen molar-refractivity contribution in [3.8, 4) is 0 Å². The van der Waals surface area contributed by atoms with Crippen LogP contribution < -0.4 is 10.2 Å². The second-order valence-electron chi connectivity index (χ2n) is 8.16. The second kappa shape index (κ2) is 10.8. The monoisotopic (exact) mass is 478 g/mol. The van der Waals surface area contributed by atoms with Crippen LogP contribution in [0.5, 0.6) is 0 Å². The number of anilines is 1. The van der Waals surface area contributed by atoms with Gasteiger partial charge >= 0.3 is 0 Å². The highest BCUT2D eigenvalue weighted by atomic mass is 32.2. The third kappa shape index (κ3) is 5.33. The fourth-order valence-electron chi connectivity index (χ4n) is 4.17. The van der Waals surface area contributed by atoms with Gasteiger partial charge in [-0.2, -0.15) is 11.3 Å². The topological polar surface area (TPSA) is 73.0 Å². The Morgan fingerprint density at radius 2 is 1.84 bits per heavy atom. The molecule has 1 aliphatic heterocycles. The molecule has 3 rings (SSSR count). The zero-order valence-electron chi connectivity index (χ0n) is 19.4. The quantitative estimate of drug-likeness (QED) is 0.567. The molecule has 1 fully saturated rings. The predicted octanol–water partition coefficient (Wildman–Crippen LogP) is 3.41. The number of carbonyl (C=O) groups excluding carboxylic acids is 1. The summed E-state index contributed by atoms with van der Waals surface area (Å²) >= 11 is 1.65. The summed E-state index contributed by atoms with van der Waals surface area (Å²) in [7, 11) is -0.635. The van der Waals surface area contributed by atoms with Gasteiger partial charge in [-0.3, -0.25) is 9.69 Å². The molecule has 176 valence electrons. The standard InChI is InChI=1S/C23H34N4O3S2/c1-5-26(6-2)22(18-11-14-31-17-18)16-24-23(28)20-15-19(32(29,30)25(3)4)9-10-21(20)27-12-7-8-13-27/h9-11,14-15,17,22H,5-8,12-13,16H2,1-4H3,(H,24,28). The van der Waals surface area contributed by atoms with E-state index in [0.717, 1.165) is 44.7 Å². The fraction of sp³-hybridized carbons (Fsp3) is 0.522. The normalized spacial score (nSPS) is 15.5. The van der Waals surface area contributed by atoms with Gasteiger partial charge in [0.15, 0.2) is 0 Å². The Morgan fingerprint density at radius 1 is 1.16 bits per heavy atom. The maximum atomic E-state index is 13.4. The maximum absolute atomic E-state index is 13.4. The first-order chi connectivity index (χ1) is 15.3. The number of rotatable bonds is 10. The highest BCUT2D eigenvalue weighted by Crippen LogP contribution is 2.29. The maximum Gasteiger partial charge on any atom is 0.253 e. The lowest BCUT2D eigenvalue weighted by Gasteiger charge is -2.30. The molecule has 0 spiro atoms. The number of likely N-dealkylation sites (N-methyl/N-ethyl adjacent to an activating group) is 1. The zero-order chi connectivity index (χ0) is 23.3. The summed E-state index contributed by atoms with van der Waals surface area (Å²) < 4.78 is 26.6. The molecule has 1 saturated heterocycles. The Hall–Kier alpha value is -1.94. The van der Waals surface area contributed by atoms with Gasteiger partial charge in [-0.05, 0) is 66.5 Å². The molecule has 1 amide bonds. The summed E-state index contributed by atoms with van der Waals surface area (Å²) in [5, 5.41) is 7.27. The fourth-order valence-corrected chi connectivity index (χ4v) is 5.81. The minimum absolute atomic E-state index is 0.0733. The number of amides is 1. The molecule has 2 heterocycles. The zero-order valence-corrected chi connectivity index (χ0v) is 21.0. The van der Waals surface area contributed by atoms with E-state index in [-0.39, 0.29) is 16.8 Å². The van der Waals surface area contributed by atoms with Gasteiger partial charge in [0.2, 0.25) is 10.0 Å². The molecule has 0 aliphatic carbocycles. The van der Waals surface area contributed by atoms with Crippen molar-refractivity contribution in [1.29, 1.82) is 0 Å². The van der Waals surface area contributed by atoms with Crippen LogP contribution in [-0.4, -0.2) is 70.3 Å². The van der Waals surface area contributed by atoms with Gasteiger partial charge in [0.05, 0.1) is 16.5 Å². The highest BCUT2D eigenvalue weighted by molar-refractivity contribution is 7.89. The van der Waals surface area contributed by atoms with E-state index >= 15 is 0 Å².